The Bertz CT molecular complexity index is 758. The van der Waals surface area contributed by atoms with Crippen LogP contribution in [0.3, 0.4) is 0 Å². The van der Waals surface area contributed by atoms with Gasteiger partial charge in [0.2, 0.25) is 5.88 Å². The van der Waals surface area contributed by atoms with Gasteiger partial charge in [-0.3, -0.25) is 0 Å². The van der Waals surface area contributed by atoms with Crippen molar-refractivity contribution in [3.8, 4) is 11.6 Å². The Balaban J connectivity index is 2.08. The fourth-order valence-electron chi connectivity index (χ4n) is 1.98. The molecule has 1 aromatic heterocycles. The lowest BCUT2D eigenvalue weighted by atomic mass is 10.1. The smallest absolute Gasteiger partial charge is 0.225 e. The number of benzene rings is 2. The van der Waals surface area contributed by atoms with Gasteiger partial charge < -0.3 is 9.84 Å². The number of para-hydroxylation sites is 2. The highest BCUT2D eigenvalue weighted by Crippen LogP contribution is 2.29. The summed E-state index contributed by atoms with van der Waals surface area (Å²) in [6, 6.07) is 17.4. The van der Waals surface area contributed by atoms with Gasteiger partial charge >= 0.3 is 0 Å². The fraction of sp³-hybridized carbons (Fsp3) is 0.0625. The monoisotopic (exact) mass is 377 g/mol. The van der Waals surface area contributed by atoms with Gasteiger partial charge in [0, 0.05) is 10.9 Å². The quantitative estimate of drug-likeness (QED) is 0.699. The number of halogens is 1. The van der Waals surface area contributed by atoms with E-state index in [1.165, 1.54) is 0 Å². The number of ether oxygens (including phenoxy) is 1. The third-order valence-corrected chi connectivity index (χ3v) is 3.87. The normalized spacial score (nSPS) is 10.7. The van der Waals surface area contributed by atoms with Crippen LogP contribution in [-0.4, -0.2) is 10.1 Å². The summed E-state index contributed by atoms with van der Waals surface area (Å²) in [5.74, 6) is 1.20. The molecule has 0 saturated carbocycles. The number of hydrogen-bond donors (Lipinski definition) is 1. The van der Waals surface area contributed by atoms with E-state index < -0.39 is 0 Å². The van der Waals surface area contributed by atoms with E-state index in [4.69, 9.17) is 4.74 Å². The van der Waals surface area contributed by atoms with E-state index in [1.54, 1.807) is 0 Å². The molecule has 0 aliphatic heterocycles. The molecule has 0 bridgehead atoms. The minimum absolute atomic E-state index is 0.101. The van der Waals surface area contributed by atoms with Crippen LogP contribution in [0.15, 0.2) is 54.6 Å². The van der Waals surface area contributed by atoms with Crippen molar-refractivity contribution in [3.05, 3.63) is 63.7 Å². The molecule has 100 valence electrons. The Kier molecular flexibility index (Phi) is 3.84. The first kappa shape index (κ1) is 13.3. The lowest BCUT2D eigenvalue weighted by Gasteiger charge is -2.11. The molecule has 20 heavy (non-hydrogen) atoms. The van der Waals surface area contributed by atoms with Crippen molar-refractivity contribution >= 4 is 33.5 Å². The largest absolute Gasteiger partial charge is 0.438 e. The summed E-state index contributed by atoms with van der Waals surface area (Å²) in [6.45, 7) is -0.101. The summed E-state index contributed by atoms with van der Waals surface area (Å²) in [7, 11) is 0. The minimum Gasteiger partial charge on any atom is -0.438 e. The van der Waals surface area contributed by atoms with Gasteiger partial charge in [-0.2, -0.15) is 0 Å². The number of hydrogen-bond acceptors (Lipinski definition) is 3. The molecule has 0 radical (unpaired) electrons. The second-order valence-electron chi connectivity index (χ2n) is 4.34. The Morgan fingerprint density at radius 3 is 2.60 bits per heavy atom. The highest BCUT2D eigenvalue weighted by atomic mass is 127. The van der Waals surface area contributed by atoms with E-state index in [-0.39, 0.29) is 6.61 Å². The Hall–Kier alpha value is -1.66. The summed E-state index contributed by atoms with van der Waals surface area (Å²) in [5.41, 5.74) is 1.54. The number of aliphatic hydroxyl groups excluding tert-OH is 1. The Labute approximate surface area is 130 Å². The Morgan fingerprint density at radius 1 is 1.05 bits per heavy atom. The molecule has 0 aliphatic carbocycles. The maximum absolute atomic E-state index is 9.50. The van der Waals surface area contributed by atoms with Gasteiger partial charge in [-0.25, -0.2) is 4.98 Å². The lowest BCUT2D eigenvalue weighted by molar-refractivity contribution is 0.275. The van der Waals surface area contributed by atoms with Gasteiger partial charge in [0.25, 0.3) is 0 Å². The van der Waals surface area contributed by atoms with Crippen LogP contribution in [0.2, 0.25) is 0 Å². The maximum Gasteiger partial charge on any atom is 0.225 e. The molecule has 1 heterocycles. The van der Waals surface area contributed by atoms with Crippen molar-refractivity contribution in [2.75, 3.05) is 0 Å². The zero-order valence-corrected chi connectivity index (χ0v) is 12.7. The van der Waals surface area contributed by atoms with Crippen molar-refractivity contribution < 1.29 is 9.84 Å². The van der Waals surface area contributed by atoms with Crippen LogP contribution >= 0.6 is 22.6 Å². The van der Waals surface area contributed by atoms with E-state index >= 15 is 0 Å². The molecule has 2 aromatic carbocycles. The second-order valence-corrected chi connectivity index (χ2v) is 5.50. The Morgan fingerprint density at radius 2 is 1.80 bits per heavy atom. The molecule has 4 heteroatoms. The molecule has 3 nitrogen and oxygen atoms in total. The molecular weight excluding hydrogens is 365 g/mol. The third kappa shape index (κ3) is 2.62. The van der Waals surface area contributed by atoms with Crippen molar-refractivity contribution in [2.45, 2.75) is 6.61 Å². The number of pyridine rings is 1. The number of fused-ring (bicyclic) bond motifs is 1. The summed E-state index contributed by atoms with van der Waals surface area (Å²) < 4.78 is 6.86. The first-order valence-corrected chi connectivity index (χ1v) is 7.28. The van der Waals surface area contributed by atoms with Gasteiger partial charge in [0.1, 0.15) is 5.75 Å². The average molecular weight is 377 g/mol. The number of aliphatic hydroxyl groups is 1. The summed E-state index contributed by atoms with van der Waals surface area (Å²) in [6.07, 6.45) is 0. The second kappa shape index (κ2) is 5.76. The minimum atomic E-state index is -0.101. The van der Waals surface area contributed by atoms with Crippen LogP contribution in [0.5, 0.6) is 11.6 Å². The van der Waals surface area contributed by atoms with E-state index in [9.17, 15) is 5.11 Å². The van der Waals surface area contributed by atoms with Crippen LogP contribution in [0.1, 0.15) is 5.56 Å². The molecule has 0 atom stereocenters. The zero-order chi connectivity index (χ0) is 13.9. The zero-order valence-electron chi connectivity index (χ0n) is 10.6. The first-order chi connectivity index (χ1) is 9.78. The van der Waals surface area contributed by atoms with Gasteiger partial charge in [0.15, 0.2) is 0 Å². The SMILES string of the molecule is OCc1cc2ccccc2nc1Oc1ccccc1I. The van der Waals surface area contributed by atoms with Gasteiger partial charge in [-0.05, 0) is 46.9 Å². The third-order valence-electron chi connectivity index (χ3n) is 2.98. The summed E-state index contributed by atoms with van der Waals surface area (Å²) in [5, 5.41) is 10.5. The molecule has 3 rings (SSSR count). The molecule has 0 aliphatic rings. The average Bonchev–Trinajstić information content (AvgIpc) is 2.49. The number of aromatic nitrogens is 1. The summed E-state index contributed by atoms with van der Waals surface area (Å²) in [4.78, 5) is 4.50. The molecule has 1 N–H and O–H groups in total. The van der Waals surface area contributed by atoms with Crippen LogP contribution in [0.25, 0.3) is 10.9 Å². The molecule has 3 aromatic rings. The van der Waals surface area contributed by atoms with Crippen molar-refractivity contribution in [2.24, 2.45) is 0 Å². The van der Waals surface area contributed by atoms with E-state index in [0.29, 0.717) is 11.4 Å². The topological polar surface area (TPSA) is 42.4 Å². The molecule has 0 amide bonds. The predicted octanol–water partition coefficient (Wildman–Crippen LogP) is 4.12. The van der Waals surface area contributed by atoms with E-state index in [1.807, 2.05) is 54.6 Å². The molecule has 0 fully saturated rings. The van der Waals surface area contributed by atoms with Gasteiger partial charge in [-0.15, -0.1) is 0 Å². The van der Waals surface area contributed by atoms with E-state index in [2.05, 4.69) is 27.6 Å². The highest BCUT2D eigenvalue weighted by Gasteiger charge is 2.10. The standard InChI is InChI=1S/C16H12INO2/c17-13-6-2-4-8-15(13)20-16-12(10-19)9-11-5-1-3-7-14(11)18-16/h1-9,19H,10H2. The summed E-state index contributed by atoms with van der Waals surface area (Å²) >= 11 is 2.21. The van der Waals surface area contributed by atoms with Crippen molar-refractivity contribution in [3.63, 3.8) is 0 Å². The maximum atomic E-state index is 9.50. The fourth-order valence-corrected chi connectivity index (χ4v) is 2.47. The van der Waals surface area contributed by atoms with Crippen LogP contribution in [-0.2, 0) is 6.61 Å². The highest BCUT2D eigenvalue weighted by molar-refractivity contribution is 14.1. The van der Waals surface area contributed by atoms with Crippen molar-refractivity contribution in [1.29, 1.82) is 0 Å². The molecule has 0 saturated heterocycles. The van der Waals surface area contributed by atoms with Crippen LogP contribution in [0.4, 0.5) is 0 Å². The number of nitrogens with zero attached hydrogens (tertiary/aromatic N) is 1. The molecule has 0 unspecified atom stereocenters. The predicted molar refractivity (Wildman–Crippen MR) is 86.9 cm³/mol. The van der Waals surface area contributed by atoms with E-state index in [0.717, 1.165) is 20.2 Å². The van der Waals surface area contributed by atoms with Gasteiger partial charge in [0.05, 0.1) is 15.7 Å². The molecule has 0 spiro atoms. The molecular formula is C16H12INO2. The van der Waals surface area contributed by atoms with Crippen LogP contribution < -0.4 is 4.74 Å². The van der Waals surface area contributed by atoms with Crippen LogP contribution in [0, 0.1) is 3.57 Å². The number of rotatable bonds is 3. The first-order valence-electron chi connectivity index (χ1n) is 6.20. The lowest BCUT2D eigenvalue weighted by Crippen LogP contribution is -1.97. The van der Waals surface area contributed by atoms with Crippen molar-refractivity contribution in [1.82, 2.24) is 4.98 Å². The van der Waals surface area contributed by atoms with Gasteiger partial charge in [-0.1, -0.05) is 30.3 Å².